The van der Waals surface area contributed by atoms with E-state index < -0.39 is 0 Å². The minimum Gasteiger partial charge on any atom is -0.495 e. The molecule has 1 aromatic carbocycles. The highest BCUT2D eigenvalue weighted by atomic mass is 35.5. The maximum atomic E-state index is 13.6. The average molecular weight is 615 g/mol. The van der Waals surface area contributed by atoms with Crippen molar-refractivity contribution in [3.05, 3.63) is 59.4 Å². The van der Waals surface area contributed by atoms with Crippen LogP contribution in [0.25, 0.3) is 27.6 Å². The average Bonchev–Trinajstić information content (AvgIpc) is 3.87. The van der Waals surface area contributed by atoms with Crippen LogP contribution in [0.5, 0.6) is 5.75 Å². The van der Waals surface area contributed by atoms with Crippen molar-refractivity contribution in [2.24, 2.45) is 0 Å². The number of aryl methyl sites for hydroxylation is 1. The van der Waals surface area contributed by atoms with Gasteiger partial charge in [-0.15, -0.1) is 10.2 Å². The number of imidazole rings is 1. The second-order valence-electron chi connectivity index (χ2n) is 11.4. The number of rotatable bonds is 9. The largest absolute Gasteiger partial charge is 0.495 e. The molecule has 13 heteroatoms. The van der Waals surface area contributed by atoms with Crippen LogP contribution < -0.4 is 10.1 Å². The van der Waals surface area contributed by atoms with Gasteiger partial charge in [0, 0.05) is 55.4 Å². The van der Waals surface area contributed by atoms with Gasteiger partial charge >= 0.3 is 0 Å². The van der Waals surface area contributed by atoms with Gasteiger partial charge in [-0.1, -0.05) is 17.7 Å². The third-order valence-electron chi connectivity index (χ3n) is 8.72. The topological polar surface area (TPSA) is 119 Å². The molecule has 1 atom stereocenters. The first-order valence-electron chi connectivity index (χ1n) is 15.2. The molecule has 228 valence electrons. The van der Waals surface area contributed by atoms with Gasteiger partial charge in [-0.25, -0.2) is 14.6 Å². The number of pyridine rings is 1. The maximum absolute atomic E-state index is 13.6. The van der Waals surface area contributed by atoms with E-state index in [2.05, 4.69) is 30.5 Å². The number of likely N-dealkylation sites (tertiary alicyclic amines) is 2. The molecule has 44 heavy (non-hydrogen) atoms. The van der Waals surface area contributed by atoms with E-state index in [1.807, 2.05) is 40.9 Å². The van der Waals surface area contributed by atoms with E-state index in [1.165, 1.54) is 12.8 Å². The second-order valence-corrected chi connectivity index (χ2v) is 11.8. The number of aromatic nitrogens is 7. The van der Waals surface area contributed by atoms with Gasteiger partial charge in [-0.05, 0) is 63.4 Å². The lowest BCUT2D eigenvalue weighted by Gasteiger charge is -2.28. The van der Waals surface area contributed by atoms with Crippen molar-refractivity contribution in [2.45, 2.75) is 51.7 Å². The molecule has 1 N–H and O–H groups in total. The van der Waals surface area contributed by atoms with Crippen molar-refractivity contribution in [1.82, 2.24) is 44.3 Å². The summed E-state index contributed by atoms with van der Waals surface area (Å²) in [6.07, 6.45) is 11.5. The summed E-state index contributed by atoms with van der Waals surface area (Å²) in [7, 11) is 1.59. The highest BCUT2D eigenvalue weighted by Gasteiger charge is 2.32. The maximum Gasteiger partial charge on any atom is 0.274 e. The molecule has 0 bridgehead atoms. The number of benzene rings is 1. The number of methoxy groups -OCH3 is 1. The molecule has 0 radical (unpaired) electrons. The Hall–Kier alpha value is -4.29. The molecule has 2 saturated heterocycles. The summed E-state index contributed by atoms with van der Waals surface area (Å²) >= 11 is 6.37. The number of hydrogen-bond acceptors (Lipinski definition) is 9. The Kier molecular flexibility index (Phi) is 7.77. The predicted octanol–water partition coefficient (Wildman–Crippen LogP) is 4.55. The summed E-state index contributed by atoms with van der Waals surface area (Å²) in [5, 5.41) is 20.2. The number of hydrogen-bond donors (Lipinski definition) is 1. The van der Waals surface area contributed by atoms with Gasteiger partial charge in [0.1, 0.15) is 17.8 Å². The number of fused-ring (bicyclic) bond motifs is 3. The van der Waals surface area contributed by atoms with Crippen molar-refractivity contribution >= 4 is 45.1 Å². The van der Waals surface area contributed by atoms with Gasteiger partial charge in [0.2, 0.25) is 0 Å². The van der Waals surface area contributed by atoms with Crippen LogP contribution in [0, 0.1) is 0 Å². The summed E-state index contributed by atoms with van der Waals surface area (Å²) < 4.78 is 8.90. The van der Waals surface area contributed by atoms with Gasteiger partial charge in [-0.3, -0.25) is 9.36 Å². The van der Waals surface area contributed by atoms with Gasteiger partial charge in [0.25, 0.3) is 5.91 Å². The molecule has 0 spiro atoms. The molecule has 2 aliphatic heterocycles. The second kappa shape index (κ2) is 12.0. The summed E-state index contributed by atoms with van der Waals surface area (Å²) in [6.45, 7) is 7.12. The third-order valence-corrected chi connectivity index (χ3v) is 9.01. The number of carbonyl (C=O) groups excluding carboxylic acids is 1. The van der Waals surface area contributed by atoms with E-state index in [1.54, 1.807) is 30.4 Å². The Balaban J connectivity index is 1.21. The van der Waals surface area contributed by atoms with Crippen LogP contribution in [0.2, 0.25) is 5.02 Å². The number of halogens is 1. The first-order valence-corrected chi connectivity index (χ1v) is 15.6. The third kappa shape index (κ3) is 5.22. The smallest absolute Gasteiger partial charge is 0.274 e. The Labute approximate surface area is 260 Å². The quantitative estimate of drug-likeness (QED) is 0.255. The van der Waals surface area contributed by atoms with Crippen LogP contribution in [-0.4, -0.2) is 89.6 Å². The lowest BCUT2D eigenvalue weighted by atomic mass is 10.1. The lowest BCUT2D eigenvalue weighted by molar-refractivity contribution is 0.0703. The molecule has 1 amide bonds. The first kappa shape index (κ1) is 28.5. The van der Waals surface area contributed by atoms with Crippen LogP contribution in [0.3, 0.4) is 0 Å². The zero-order valence-corrected chi connectivity index (χ0v) is 25.7. The van der Waals surface area contributed by atoms with E-state index in [-0.39, 0.29) is 11.9 Å². The Bertz CT molecular complexity index is 1830. The monoisotopic (exact) mass is 614 g/mol. The molecule has 0 unspecified atom stereocenters. The number of nitrogens with zero attached hydrogens (tertiary/aromatic N) is 9. The van der Waals surface area contributed by atoms with E-state index in [4.69, 9.17) is 21.3 Å². The van der Waals surface area contributed by atoms with E-state index >= 15 is 0 Å². The predicted molar refractivity (Wildman–Crippen MR) is 168 cm³/mol. The molecular weight excluding hydrogens is 580 g/mol. The van der Waals surface area contributed by atoms with Gasteiger partial charge in [-0.2, -0.15) is 5.10 Å². The molecule has 6 heterocycles. The van der Waals surface area contributed by atoms with Crippen LogP contribution in [-0.2, 0) is 13.1 Å². The zero-order chi connectivity index (χ0) is 30.2. The van der Waals surface area contributed by atoms with Crippen LogP contribution in [0.15, 0.2) is 43.1 Å². The molecule has 0 aliphatic carbocycles. The number of anilines is 1. The lowest BCUT2D eigenvalue weighted by Crippen LogP contribution is -2.42. The summed E-state index contributed by atoms with van der Waals surface area (Å²) in [4.78, 5) is 27.4. The fraction of sp³-hybridized carbons (Fsp3) is 0.419. The summed E-state index contributed by atoms with van der Waals surface area (Å²) in [5.41, 5.74) is 2.13. The van der Waals surface area contributed by atoms with Crippen molar-refractivity contribution < 1.29 is 9.53 Å². The van der Waals surface area contributed by atoms with E-state index in [0.29, 0.717) is 41.2 Å². The van der Waals surface area contributed by atoms with E-state index in [0.717, 1.165) is 66.4 Å². The number of nitrogens with one attached hydrogen (secondary N) is 1. The molecule has 2 fully saturated rings. The summed E-state index contributed by atoms with van der Waals surface area (Å²) in [5.74, 6) is 1.72. The Morgan fingerprint density at radius 2 is 1.95 bits per heavy atom. The molecule has 2 aliphatic rings. The number of ether oxygens (including phenoxy) is 1. The molecule has 0 saturated carbocycles. The molecule has 7 rings (SSSR count). The van der Waals surface area contributed by atoms with Gasteiger partial charge in [0.05, 0.1) is 23.7 Å². The van der Waals surface area contributed by atoms with E-state index in [9.17, 15) is 4.79 Å². The van der Waals surface area contributed by atoms with Crippen molar-refractivity contribution in [3.8, 4) is 11.6 Å². The van der Waals surface area contributed by atoms with Gasteiger partial charge in [0.15, 0.2) is 17.3 Å². The standard InChI is InChI=1S/C31H35ClN10O2/c1-3-42-29-23(16-36-42)27-22(15-34-29)30(38-37-28(27)33-14-20-8-9-26(44-2)24(32)13-20)40-18-25(35-19-40)31(43)41-12-6-7-21(41)17-39-10-4-5-11-39/h8-9,13,15-16,18-19,21H,3-7,10-12,14,17H2,1-2H3,(H,33,37)/t21-/m0/s1. The first-order chi connectivity index (χ1) is 21.5. The van der Waals surface area contributed by atoms with Crippen molar-refractivity contribution in [2.75, 3.05) is 38.6 Å². The van der Waals surface area contributed by atoms with Crippen molar-refractivity contribution in [1.29, 1.82) is 0 Å². The van der Waals surface area contributed by atoms with Gasteiger partial charge < -0.3 is 19.9 Å². The molecular formula is C31H35ClN10O2. The Morgan fingerprint density at radius 3 is 2.75 bits per heavy atom. The molecule has 5 aromatic rings. The van der Waals surface area contributed by atoms with Crippen molar-refractivity contribution in [3.63, 3.8) is 0 Å². The zero-order valence-electron chi connectivity index (χ0n) is 24.9. The van der Waals surface area contributed by atoms with Crippen LogP contribution in [0.1, 0.15) is 48.7 Å². The molecule has 12 nitrogen and oxygen atoms in total. The normalized spacial score (nSPS) is 17.2. The number of amides is 1. The minimum absolute atomic E-state index is 0.0381. The Morgan fingerprint density at radius 1 is 1.09 bits per heavy atom. The van der Waals surface area contributed by atoms with Crippen LogP contribution in [0.4, 0.5) is 5.82 Å². The fourth-order valence-electron chi connectivity index (χ4n) is 6.46. The SMILES string of the molecule is CCn1ncc2c3c(NCc4ccc(OC)c(Cl)c4)nnc(-n4cnc(C(=O)N5CCC[C@H]5CN5CCCC5)c4)c3cnc21. The number of carbonyl (C=O) groups is 1. The molecule has 4 aromatic heterocycles. The van der Waals surface area contributed by atoms with Crippen LogP contribution >= 0.6 is 11.6 Å². The fourth-order valence-corrected chi connectivity index (χ4v) is 6.74. The highest BCUT2D eigenvalue weighted by molar-refractivity contribution is 6.32. The summed E-state index contributed by atoms with van der Waals surface area (Å²) in [6, 6.07) is 5.89. The highest BCUT2D eigenvalue weighted by Crippen LogP contribution is 2.33. The minimum atomic E-state index is -0.0381.